The van der Waals surface area contributed by atoms with Gasteiger partial charge in [-0.2, -0.15) is 0 Å². The van der Waals surface area contributed by atoms with Crippen LogP contribution in [0.4, 0.5) is 14.9 Å². The first kappa shape index (κ1) is 19.8. The summed E-state index contributed by atoms with van der Waals surface area (Å²) in [6.07, 6.45) is 0.306. The molecular formula is C21H24FN3O3. The molecule has 2 aromatic carbocycles. The van der Waals surface area contributed by atoms with Gasteiger partial charge in [-0.1, -0.05) is 36.4 Å². The minimum atomic E-state index is -1.58. The van der Waals surface area contributed by atoms with Gasteiger partial charge in [-0.3, -0.25) is 4.90 Å². The lowest BCUT2D eigenvalue weighted by Gasteiger charge is -2.26. The zero-order valence-corrected chi connectivity index (χ0v) is 15.7. The smallest absolute Gasteiger partial charge is 0.338 e. The van der Waals surface area contributed by atoms with Gasteiger partial charge >= 0.3 is 12.0 Å². The molecule has 0 radical (unpaired) electrons. The van der Waals surface area contributed by atoms with Crippen LogP contribution < -0.4 is 11.1 Å². The van der Waals surface area contributed by atoms with Gasteiger partial charge in [-0.15, -0.1) is 0 Å². The van der Waals surface area contributed by atoms with Gasteiger partial charge in [-0.05, 0) is 37.1 Å². The van der Waals surface area contributed by atoms with E-state index in [0.29, 0.717) is 18.7 Å². The molecule has 2 amide bonds. The van der Waals surface area contributed by atoms with Gasteiger partial charge in [0.1, 0.15) is 6.61 Å². The van der Waals surface area contributed by atoms with E-state index in [2.05, 4.69) is 10.2 Å². The number of alkyl halides is 1. The maximum Gasteiger partial charge on any atom is 0.338 e. The quantitative estimate of drug-likeness (QED) is 0.746. The zero-order chi connectivity index (χ0) is 20.1. The Morgan fingerprint density at radius 2 is 2.00 bits per heavy atom. The largest absolute Gasteiger partial charge is 0.459 e. The van der Waals surface area contributed by atoms with E-state index in [1.807, 2.05) is 37.3 Å². The molecule has 0 spiro atoms. The highest BCUT2D eigenvalue weighted by Crippen LogP contribution is 2.32. The number of nitrogens with two attached hydrogens (primary N) is 1. The Labute approximate surface area is 163 Å². The number of likely N-dealkylation sites (tertiary alicyclic amines) is 1. The highest BCUT2D eigenvalue weighted by molar-refractivity contribution is 5.93. The molecular weight excluding hydrogens is 361 g/mol. The van der Waals surface area contributed by atoms with E-state index in [1.165, 1.54) is 12.1 Å². The lowest BCUT2D eigenvalue weighted by molar-refractivity contribution is 0.0164. The summed E-state index contributed by atoms with van der Waals surface area (Å²) in [4.78, 5) is 25.2. The molecule has 3 N–H and O–H groups in total. The van der Waals surface area contributed by atoms with E-state index in [1.54, 1.807) is 12.1 Å². The van der Waals surface area contributed by atoms with E-state index in [-0.39, 0.29) is 24.8 Å². The minimum Gasteiger partial charge on any atom is -0.459 e. The molecule has 1 heterocycles. The first-order chi connectivity index (χ1) is 13.4. The number of halogens is 1. The van der Waals surface area contributed by atoms with Crippen molar-refractivity contribution in [3.8, 4) is 0 Å². The molecule has 0 bridgehead atoms. The first-order valence-corrected chi connectivity index (χ1v) is 9.18. The summed E-state index contributed by atoms with van der Waals surface area (Å²) < 4.78 is 20.4. The summed E-state index contributed by atoms with van der Waals surface area (Å²) in [5.74, 6) is -0.639. The number of nitrogens with zero attached hydrogens (tertiary/aromatic N) is 1. The van der Waals surface area contributed by atoms with Gasteiger partial charge in [0.05, 0.1) is 5.56 Å². The van der Waals surface area contributed by atoms with Crippen molar-refractivity contribution < 1.29 is 18.7 Å². The van der Waals surface area contributed by atoms with Crippen molar-refractivity contribution in [2.75, 3.05) is 25.0 Å². The van der Waals surface area contributed by atoms with Gasteiger partial charge < -0.3 is 15.8 Å². The number of nitrogens with one attached hydrogen (secondary N) is 1. The third kappa shape index (κ3) is 4.86. The molecule has 6 nitrogen and oxygen atoms in total. The summed E-state index contributed by atoms with van der Waals surface area (Å²) in [6, 6.07) is 15.5. The summed E-state index contributed by atoms with van der Waals surface area (Å²) in [5.41, 5.74) is 5.21. The molecule has 1 fully saturated rings. The number of primary amides is 1. The van der Waals surface area contributed by atoms with Crippen LogP contribution in [-0.4, -0.2) is 42.3 Å². The molecule has 1 aliphatic rings. The number of benzene rings is 2. The van der Waals surface area contributed by atoms with Gasteiger partial charge in [0.2, 0.25) is 0 Å². The molecule has 3 rings (SSSR count). The number of urea groups is 1. The van der Waals surface area contributed by atoms with Gasteiger partial charge in [0, 0.05) is 24.8 Å². The van der Waals surface area contributed by atoms with E-state index in [9.17, 15) is 9.59 Å². The van der Waals surface area contributed by atoms with Crippen molar-refractivity contribution >= 4 is 17.7 Å². The SMILES string of the molecule is C[C@H](c1ccccc1)N1CCC(F)(COC(=O)c2cccc(NC(N)=O)c2)C1. The Balaban J connectivity index is 1.57. The maximum atomic E-state index is 15.2. The van der Waals surface area contributed by atoms with Crippen LogP contribution in [0.3, 0.4) is 0 Å². The normalized spacial score (nSPS) is 20.5. The fraction of sp³-hybridized carbons (Fsp3) is 0.333. The monoisotopic (exact) mass is 385 g/mol. The molecule has 1 aliphatic heterocycles. The highest BCUT2D eigenvalue weighted by atomic mass is 19.1. The topological polar surface area (TPSA) is 84.7 Å². The Morgan fingerprint density at radius 3 is 2.71 bits per heavy atom. The average molecular weight is 385 g/mol. The third-order valence-corrected chi connectivity index (χ3v) is 4.99. The predicted octanol–water partition coefficient (Wildman–Crippen LogP) is 3.51. The number of amides is 2. The number of hydrogen-bond acceptors (Lipinski definition) is 4. The number of ether oxygens (including phenoxy) is 1. The standard InChI is InChI=1S/C21H24FN3O3/c1-15(16-6-3-2-4-7-16)25-11-10-21(22,13-25)14-28-19(26)17-8-5-9-18(12-17)24-20(23)27/h2-9,12,15H,10-11,13-14H2,1H3,(H3,23,24,27)/t15-,21?/m1/s1. The van der Waals surface area contributed by atoms with Crippen LogP contribution in [0.15, 0.2) is 54.6 Å². The second-order valence-electron chi connectivity index (χ2n) is 7.10. The molecule has 148 valence electrons. The molecule has 0 saturated carbocycles. The summed E-state index contributed by atoms with van der Waals surface area (Å²) in [6.45, 7) is 2.55. The Bertz CT molecular complexity index is 846. The Kier molecular flexibility index (Phi) is 5.94. The van der Waals surface area contributed by atoms with E-state index in [4.69, 9.17) is 10.5 Å². The van der Waals surface area contributed by atoms with Crippen LogP contribution in [0.2, 0.25) is 0 Å². The van der Waals surface area contributed by atoms with Gasteiger partial charge in [0.15, 0.2) is 5.67 Å². The average Bonchev–Trinajstić information content (AvgIpc) is 3.08. The molecule has 1 unspecified atom stereocenters. The van der Waals surface area contributed by atoms with Crippen LogP contribution in [-0.2, 0) is 4.74 Å². The molecule has 28 heavy (non-hydrogen) atoms. The fourth-order valence-corrected chi connectivity index (χ4v) is 3.40. The van der Waals surface area contributed by atoms with Crippen LogP contribution >= 0.6 is 0 Å². The molecule has 7 heteroatoms. The number of anilines is 1. The van der Waals surface area contributed by atoms with Crippen molar-refractivity contribution in [1.82, 2.24) is 4.90 Å². The molecule has 0 aliphatic carbocycles. The number of carbonyl (C=O) groups is 2. The second-order valence-corrected chi connectivity index (χ2v) is 7.10. The van der Waals surface area contributed by atoms with E-state index >= 15 is 4.39 Å². The lowest BCUT2D eigenvalue weighted by atomic mass is 10.1. The van der Waals surface area contributed by atoms with Crippen LogP contribution in [0.5, 0.6) is 0 Å². The van der Waals surface area contributed by atoms with Crippen molar-refractivity contribution in [2.45, 2.75) is 25.1 Å². The number of esters is 1. The lowest BCUT2D eigenvalue weighted by Crippen LogP contribution is -2.35. The second kappa shape index (κ2) is 8.39. The van der Waals surface area contributed by atoms with E-state index in [0.717, 1.165) is 5.56 Å². The van der Waals surface area contributed by atoms with Crippen LogP contribution in [0.25, 0.3) is 0 Å². The molecule has 2 aromatic rings. The number of carbonyl (C=O) groups excluding carboxylic acids is 2. The van der Waals surface area contributed by atoms with Gasteiger partial charge in [0.25, 0.3) is 0 Å². The number of rotatable bonds is 6. The van der Waals surface area contributed by atoms with Crippen LogP contribution in [0, 0.1) is 0 Å². The molecule has 0 aromatic heterocycles. The van der Waals surface area contributed by atoms with Crippen molar-refractivity contribution in [3.05, 3.63) is 65.7 Å². The fourth-order valence-electron chi connectivity index (χ4n) is 3.40. The highest BCUT2D eigenvalue weighted by Gasteiger charge is 2.41. The predicted molar refractivity (Wildman–Crippen MR) is 105 cm³/mol. The van der Waals surface area contributed by atoms with Crippen molar-refractivity contribution in [3.63, 3.8) is 0 Å². The maximum absolute atomic E-state index is 15.2. The first-order valence-electron chi connectivity index (χ1n) is 9.18. The summed E-state index contributed by atoms with van der Waals surface area (Å²) in [7, 11) is 0. The van der Waals surface area contributed by atoms with Gasteiger partial charge in [-0.25, -0.2) is 14.0 Å². The number of hydrogen-bond donors (Lipinski definition) is 2. The van der Waals surface area contributed by atoms with Crippen molar-refractivity contribution in [1.29, 1.82) is 0 Å². The van der Waals surface area contributed by atoms with E-state index < -0.39 is 17.7 Å². The Morgan fingerprint density at radius 1 is 1.25 bits per heavy atom. The summed E-state index contributed by atoms with van der Waals surface area (Å²) in [5, 5.41) is 2.39. The third-order valence-electron chi connectivity index (χ3n) is 4.99. The zero-order valence-electron chi connectivity index (χ0n) is 15.7. The molecule has 2 atom stereocenters. The Hall–Kier alpha value is -2.93. The van der Waals surface area contributed by atoms with Crippen molar-refractivity contribution in [2.24, 2.45) is 5.73 Å². The summed E-state index contributed by atoms with van der Waals surface area (Å²) >= 11 is 0. The minimum absolute atomic E-state index is 0.0890. The molecule has 1 saturated heterocycles. The van der Waals surface area contributed by atoms with Crippen LogP contribution in [0.1, 0.15) is 35.3 Å².